The molecular formula is C8H21Cl2LiMg. The summed E-state index contributed by atoms with van der Waals surface area (Å²) in [7, 11) is 0. The Hall–Kier alpha value is 1.94. The molecule has 0 bridgehead atoms. The van der Waals surface area contributed by atoms with E-state index in [0.29, 0.717) is 0 Å². The van der Waals surface area contributed by atoms with Crippen molar-refractivity contribution in [2.75, 3.05) is 0 Å². The van der Waals surface area contributed by atoms with Crippen molar-refractivity contribution in [2.45, 2.75) is 40.5 Å². The number of unbranched alkanes of at least 4 members (excludes halogenated alkanes) is 2. The molecule has 4 heteroatoms. The second-order valence-electron chi connectivity index (χ2n) is 1.63. The van der Waals surface area contributed by atoms with Crippen LogP contribution in [0.4, 0.5) is 0 Å². The van der Waals surface area contributed by atoms with E-state index in [1.165, 1.54) is 12.8 Å². The molecule has 0 nitrogen and oxygen atoms in total. The van der Waals surface area contributed by atoms with Crippen molar-refractivity contribution < 1.29 is 20.3 Å². The Morgan fingerprint density at radius 3 is 1.00 bits per heavy atom. The van der Waals surface area contributed by atoms with E-state index in [1.807, 2.05) is 0 Å². The number of hydrogen-bond acceptors (Lipinski definition) is 0. The Balaban J connectivity index is -0.00000000800. The van der Waals surface area contributed by atoms with Gasteiger partial charge >= 0.3 is 41.9 Å². The molecule has 0 aliphatic rings. The number of hydrogen-bond donors (Lipinski definition) is 0. The molecule has 0 N–H and O–H groups in total. The van der Waals surface area contributed by atoms with Gasteiger partial charge in [0.25, 0.3) is 0 Å². The number of halogens is 2. The van der Waals surface area contributed by atoms with Crippen molar-refractivity contribution in [3.8, 4) is 0 Å². The maximum atomic E-state index is 2.12. The van der Waals surface area contributed by atoms with Crippen LogP contribution in [0.1, 0.15) is 42.0 Å². The smallest absolute Gasteiger partial charge is 1.00 e. The first-order valence-electron chi connectivity index (χ1n) is 3.39. The second kappa shape index (κ2) is 52.3. The summed E-state index contributed by atoms with van der Waals surface area (Å²) in [6.45, 7) is 8.36. The summed E-state index contributed by atoms with van der Waals surface area (Å²) >= 11 is 0. The molecule has 0 heterocycles. The molecule has 0 aliphatic carbocycles. The molecule has 0 amide bonds. The summed E-state index contributed by atoms with van der Waals surface area (Å²) in [5.41, 5.74) is 0. The van der Waals surface area contributed by atoms with Gasteiger partial charge in [-0.2, -0.15) is 26.7 Å². The van der Waals surface area contributed by atoms with Crippen LogP contribution >= 0.6 is 24.8 Å². The van der Waals surface area contributed by atoms with Gasteiger partial charge in [-0.1, -0.05) is 13.8 Å². The molecule has 0 atom stereocenters. The van der Waals surface area contributed by atoms with Gasteiger partial charge in [0.1, 0.15) is 0 Å². The van der Waals surface area contributed by atoms with Crippen LogP contribution < -0.4 is 18.9 Å². The van der Waals surface area contributed by atoms with E-state index in [-0.39, 0.29) is 68.2 Å². The fourth-order valence-corrected chi connectivity index (χ4v) is 0. The molecule has 0 fully saturated rings. The minimum Gasteiger partial charge on any atom is -1.00 e. The maximum absolute atomic E-state index is 2.12. The topological polar surface area (TPSA) is 0 Å². The summed E-state index contributed by atoms with van der Waals surface area (Å²) in [6.07, 6.45) is 6.64. The van der Waals surface area contributed by atoms with Crippen molar-refractivity contribution in [2.24, 2.45) is 0 Å². The van der Waals surface area contributed by atoms with Gasteiger partial charge in [0.05, 0.1) is 0 Å². The monoisotopic (exact) mass is 218 g/mol. The molecule has 0 radical (unpaired) electrons. The van der Waals surface area contributed by atoms with E-state index in [4.69, 9.17) is 0 Å². The molecule has 0 aromatic heterocycles. The van der Waals surface area contributed by atoms with E-state index in [0.717, 1.165) is 0 Å². The van der Waals surface area contributed by atoms with Gasteiger partial charge in [-0.05, 0) is 0 Å². The molecule has 0 saturated heterocycles. The van der Waals surface area contributed by atoms with E-state index in [9.17, 15) is 0 Å². The Labute approximate surface area is 121 Å². The predicted octanol–water partition coefficient (Wildman–Crippen LogP) is 0.820. The van der Waals surface area contributed by atoms with Gasteiger partial charge in [-0.3, -0.25) is 0 Å². The summed E-state index contributed by atoms with van der Waals surface area (Å²) in [5.74, 6) is 0. The average molecular weight is 219 g/mol. The summed E-state index contributed by atoms with van der Waals surface area (Å²) < 4.78 is 0. The van der Waals surface area contributed by atoms with Crippen LogP contribution in [0.3, 0.4) is 0 Å². The van der Waals surface area contributed by atoms with Gasteiger partial charge in [-0.15, -0.1) is 24.8 Å². The van der Waals surface area contributed by atoms with Crippen molar-refractivity contribution in [1.29, 1.82) is 0 Å². The SMILES string of the molecule is C[CH-]CC.C[CH-]CC.Cl.Cl.[H-].[Li+].[Mg+2]. The molecule has 0 saturated carbocycles. The first-order chi connectivity index (χ1) is 3.83. The molecule has 0 unspecified atom stereocenters. The fraction of sp³-hybridized carbons (Fsp3) is 0.750. The van der Waals surface area contributed by atoms with Gasteiger partial charge < -0.3 is 14.3 Å². The van der Waals surface area contributed by atoms with E-state index >= 15 is 0 Å². The standard InChI is InChI=1S/2C4H9.2ClH.Li.Mg.H/c2*1-3-4-2;;;;;/h2*3H,4H2,1-2H3;2*1H;;;/q2*-1;;;+1;+2;-1. The largest absolute Gasteiger partial charge is 2.00 e. The van der Waals surface area contributed by atoms with Gasteiger partial charge in [-0.25, -0.2) is 0 Å². The summed E-state index contributed by atoms with van der Waals surface area (Å²) in [4.78, 5) is 0. The Kier molecular flexibility index (Phi) is 161. The minimum absolute atomic E-state index is 0. The van der Waals surface area contributed by atoms with Crippen molar-refractivity contribution in [3.05, 3.63) is 12.8 Å². The molecule has 0 aromatic rings. The third kappa shape index (κ3) is 92.0. The van der Waals surface area contributed by atoms with Crippen LogP contribution in [0.25, 0.3) is 0 Å². The van der Waals surface area contributed by atoms with Crippen molar-refractivity contribution >= 4 is 47.9 Å². The van der Waals surface area contributed by atoms with Crippen LogP contribution in [-0.4, -0.2) is 23.1 Å². The van der Waals surface area contributed by atoms with E-state index in [2.05, 4.69) is 40.5 Å². The Bertz CT molecular complexity index is 30.1. The van der Waals surface area contributed by atoms with Gasteiger partial charge in [0.2, 0.25) is 0 Å². The van der Waals surface area contributed by atoms with Gasteiger partial charge in [0.15, 0.2) is 0 Å². The van der Waals surface area contributed by atoms with Crippen LogP contribution in [-0.2, 0) is 0 Å². The molecule has 0 rings (SSSR count). The molecule has 70 valence electrons. The maximum Gasteiger partial charge on any atom is 2.00 e. The first kappa shape index (κ1) is 37.0. The predicted molar refractivity (Wildman–Crippen MR) is 61.9 cm³/mol. The van der Waals surface area contributed by atoms with Crippen LogP contribution in [0.15, 0.2) is 0 Å². The van der Waals surface area contributed by atoms with Crippen molar-refractivity contribution in [1.82, 2.24) is 0 Å². The van der Waals surface area contributed by atoms with Gasteiger partial charge in [0, 0.05) is 0 Å². The summed E-state index contributed by atoms with van der Waals surface area (Å²) in [6, 6.07) is 0. The first-order valence-corrected chi connectivity index (χ1v) is 3.39. The molecule has 12 heavy (non-hydrogen) atoms. The Morgan fingerprint density at radius 2 is 1.00 bits per heavy atom. The Morgan fingerprint density at radius 1 is 0.917 bits per heavy atom. The molecule has 0 aromatic carbocycles. The third-order valence-electron chi connectivity index (χ3n) is 0.816. The average Bonchev–Trinajstić information content (AvgIpc) is 1.88. The van der Waals surface area contributed by atoms with Crippen molar-refractivity contribution in [3.63, 3.8) is 0 Å². The molecule has 0 spiro atoms. The molecule has 0 aliphatic heterocycles. The zero-order valence-corrected chi connectivity index (χ0v) is 12.1. The zero-order valence-electron chi connectivity index (χ0n) is 10.1. The zero-order chi connectivity index (χ0) is 6.83. The summed E-state index contributed by atoms with van der Waals surface area (Å²) in [5, 5.41) is 0. The van der Waals surface area contributed by atoms with Crippen LogP contribution in [0.2, 0.25) is 0 Å². The minimum atomic E-state index is 0. The van der Waals surface area contributed by atoms with Crippen LogP contribution in [0.5, 0.6) is 0 Å². The third-order valence-corrected chi connectivity index (χ3v) is 0.816. The quantitative estimate of drug-likeness (QED) is 0.476. The number of rotatable bonds is 2. The van der Waals surface area contributed by atoms with E-state index in [1.54, 1.807) is 0 Å². The fourth-order valence-electron chi connectivity index (χ4n) is 0. The normalized spacial score (nSPS) is 5.00. The van der Waals surface area contributed by atoms with E-state index < -0.39 is 0 Å². The molecular weight excluding hydrogens is 198 g/mol. The second-order valence-corrected chi connectivity index (χ2v) is 1.63. The van der Waals surface area contributed by atoms with Crippen LogP contribution in [0, 0.1) is 12.8 Å².